The van der Waals surface area contributed by atoms with Gasteiger partial charge in [0.2, 0.25) is 0 Å². The highest BCUT2D eigenvalue weighted by atomic mass is 79.9. The van der Waals surface area contributed by atoms with Crippen molar-refractivity contribution in [1.29, 1.82) is 0 Å². The van der Waals surface area contributed by atoms with Crippen LogP contribution in [0.4, 0.5) is 13.2 Å². The van der Waals surface area contributed by atoms with Gasteiger partial charge in [0, 0.05) is 16.7 Å². The van der Waals surface area contributed by atoms with E-state index in [4.69, 9.17) is 4.74 Å². The molecule has 0 radical (unpaired) electrons. The molecule has 2 rings (SSSR count). The number of nitrogens with zero attached hydrogens (tertiary/aromatic N) is 1. The van der Waals surface area contributed by atoms with Crippen LogP contribution in [0.25, 0.3) is 0 Å². The first kappa shape index (κ1) is 15.6. The Balaban J connectivity index is 2.32. The van der Waals surface area contributed by atoms with Crippen molar-refractivity contribution < 1.29 is 17.9 Å². The molecular formula is C14H11BrF3NO2. The van der Waals surface area contributed by atoms with E-state index < -0.39 is 17.3 Å². The maximum absolute atomic E-state index is 12.7. The van der Waals surface area contributed by atoms with Gasteiger partial charge in [0.15, 0.2) is 0 Å². The van der Waals surface area contributed by atoms with Crippen LogP contribution < -0.4 is 10.3 Å². The van der Waals surface area contributed by atoms with Crippen molar-refractivity contribution in [3.63, 3.8) is 0 Å². The van der Waals surface area contributed by atoms with Crippen LogP contribution in [0.15, 0.2) is 45.8 Å². The van der Waals surface area contributed by atoms with Crippen molar-refractivity contribution in [3.8, 4) is 5.75 Å². The second-order valence-corrected chi connectivity index (χ2v) is 5.20. The molecule has 0 saturated carbocycles. The Morgan fingerprint density at radius 2 is 1.86 bits per heavy atom. The quantitative estimate of drug-likeness (QED) is 0.834. The Labute approximate surface area is 127 Å². The normalized spacial score (nSPS) is 11.5. The number of aromatic nitrogens is 1. The molecule has 0 atom stereocenters. The number of hydrogen-bond acceptors (Lipinski definition) is 2. The molecule has 0 unspecified atom stereocenters. The zero-order chi connectivity index (χ0) is 15.6. The Morgan fingerprint density at radius 3 is 2.38 bits per heavy atom. The average molecular weight is 362 g/mol. The molecule has 7 heteroatoms. The molecule has 0 saturated heterocycles. The number of benzene rings is 1. The van der Waals surface area contributed by atoms with Gasteiger partial charge in [0.1, 0.15) is 5.75 Å². The summed E-state index contributed by atoms with van der Waals surface area (Å²) in [4.78, 5) is 11.8. The third-order valence-electron chi connectivity index (χ3n) is 2.89. The first-order chi connectivity index (χ1) is 9.81. The number of hydrogen-bond donors (Lipinski definition) is 0. The van der Waals surface area contributed by atoms with Crippen molar-refractivity contribution in [3.05, 3.63) is 62.5 Å². The molecular weight excluding hydrogens is 351 g/mol. The van der Waals surface area contributed by atoms with Crippen molar-refractivity contribution in [2.45, 2.75) is 12.7 Å². The van der Waals surface area contributed by atoms with E-state index in [2.05, 4.69) is 15.9 Å². The number of ether oxygens (including phenoxy) is 1. The Morgan fingerprint density at radius 1 is 1.24 bits per heavy atom. The maximum Gasteiger partial charge on any atom is 0.417 e. The van der Waals surface area contributed by atoms with Crippen LogP contribution in [-0.2, 0) is 12.7 Å². The number of rotatable bonds is 3. The summed E-state index contributed by atoms with van der Waals surface area (Å²) in [6.45, 7) is 0.180. The van der Waals surface area contributed by atoms with Gasteiger partial charge in [-0.05, 0) is 33.6 Å². The van der Waals surface area contributed by atoms with E-state index in [1.54, 1.807) is 24.3 Å². The SMILES string of the molecule is COc1ccc(Cn2cc(Br)c(C(F)(F)F)cc2=O)cc1. The van der Waals surface area contributed by atoms with Gasteiger partial charge in [-0.3, -0.25) is 4.79 Å². The number of methoxy groups -OCH3 is 1. The summed E-state index contributed by atoms with van der Waals surface area (Å²) in [6.07, 6.45) is -3.41. The van der Waals surface area contributed by atoms with Crippen LogP contribution >= 0.6 is 15.9 Å². The molecule has 1 heterocycles. The highest BCUT2D eigenvalue weighted by Crippen LogP contribution is 2.33. The molecule has 1 aromatic carbocycles. The zero-order valence-electron chi connectivity index (χ0n) is 10.9. The minimum Gasteiger partial charge on any atom is -0.497 e. The summed E-state index contributed by atoms with van der Waals surface area (Å²) in [5.41, 5.74) is -0.899. The molecule has 0 bridgehead atoms. The van der Waals surface area contributed by atoms with Gasteiger partial charge in [-0.1, -0.05) is 12.1 Å². The van der Waals surface area contributed by atoms with Gasteiger partial charge in [-0.2, -0.15) is 13.2 Å². The van der Waals surface area contributed by atoms with Crippen molar-refractivity contribution in [2.75, 3.05) is 7.11 Å². The molecule has 112 valence electrons. The van der Waals surface area contributed by atoms with E-state index in [0.717, 1.165) is 11.8 Å². The van der Waals surface area contributed by atoms with Crippen LogP contribution in [0.3, 0.4) is 0 Å². The van der Waals surface area contributed by atoms with Gasteiger partial charge < -0.3 is 9.30 Å². The van der Waals surface area contributed by atoms with Gasteiger partial charge in [-0.15, -0.1) is 0 Å². The Hall–Kier alpha value is -1.76. The number of alkyl halides is 3. The second-order valence-electron chi connectivity index (χ2n) is 4.35. The van der Waals surface area contributed by atoms with Crippen molar-refractivity contribution in [2.24, 2.45) is 0 Å². The fourth-order valence-corrected chi connectivity index (χ4v) is 2.40. The standard InChI is InChI=1S/C14H11BrF3NO2/c1-21-10-4-2-9(3-5-10)7-19-8-12(15)11(6-13(19)20)14(16,17)18/h2-6,8H,7H2,1H3. The van der Waals surface area contributed by atoms with Crippen LogP contribution in [-0.4, -0.2) is 11.7 Å². The summed E-state index contributed by atoms with van der Waals surface area (Å²) in [7, 11) is 1.53. The number of pyridine rings is 1. The molecule has 0 aliphatic heterocycles. The Bertz CT molecular complexity index is 693. The fraction of sp³-hybridized carbons (Fsp3) is 0.214. The van der Waals surface area contributed by atoms with Crippen LogP contribution in [0.1, 0.15) is 11.1 Å². The van der Waals surface area contributed by atoms with Crippen LogP contribution in [0.5, 0.6) is 5.75 Å². The highest BCUT2D eigenvalue weighted by Gasteiger charge is 2.33. The average Bonchev–Trinajstić information content (AvgIpc) is 2.42. The molecule has 0 aliphatic carbocycles. The molecule has 0 N–H and O–H groups in total. The van der Waals surface area contributed by atoms with E-state index in [-0.39, 0.29) is 11.0 Å². The van der Waals surface area contributed by atoms with Gasteiger partial charge in [0.25, 0.3) is 5.56 Å². The predicted octanol–water partition coefficient (Wildman–Crippen LogP) is 3.69. The molecule has 1 aromatic heterocycles. The third-order valence-corrected chi connectivity index (χ3v) is 3.53. The lowest BCUT2D eigenvalue weighted by Crippen LogP contribution is -2.22. The monoisotopic (exact) mass is 361 g/mol. The topological polar surface area (TPSA) is 31.2 Å². The van der Waals surface area contributed by atoms with E-state index in [9.17, 15) is 18.0 Å². The van der Waals surface area contributed by atoms with Crippen molar-refractivity contribution in [1.82, 2.24) is 4.57 Å². The summed E-state index contributed by atoms with van der Waals surface area (Å²) >= 11 is 2.85. The smallest absolute Gasteiger partial charge is 0.417 e. The van der Waals surface area contributed by atoms with E-state index in [1.807, 2.05) is 0 Å². The maximum atomic E-state index is 12.7. The van der Waals surface area contributed by atoms with E-state index in [0.29, 0.717) is 11.8 Å². The molecule has 3 nitrogen and oxygen atoms in total. The molecule has 0 amide bonds. The summed E-state index contributed by atoms with van der Waals surface area (Å²) < 4.78 is 44.1. The zero-order valence-corrected chi connectivity index (χ0v) is 12.5. The first-order valence-corrected chi connectivity index (χ1v) is 6.70. The lowest BCUT2D eigenvalue weighted by molar-refractivity contribution is -0.138. The largest absolute Gasteiger partial charge is 0.497 e. The molecule has 0 fully saturated rings. The lowest BCUT2D eigenvalue weighted by atomic mass is 10.2. The van der Waals surface area contributed by atoms with Gasteiger partial charge >= 0.3 is 6.18 Å². The minimum absolute atomic E-state index is 0.164. The summed E-state index contributed by atoms with van der Waals surface area (Å²) in [6, 6.07) is 7.53. The Kier molecular flexibility index (Phi) is 4.41. The van der Waals surface area contributed by atoms with Crippen LogP contribution in [0.2, 0.25) is 0 Å². The first-order valence-electron chi connectivity index (χ1n) is 5.91. The minimum atomic E-state index is -4.56. The number of halogens is 4. The van der Waals surface area contributed by atoms with Gasteiger partial charge in [-0.25, -0.2) is 0 Å². The van der Waals surface area contributed by atoms with E-state index >= 15 is 0 Å². The highest BCUT2D eigenvalue weighted by molar-refractivity contribution is 9.10. The van der Waals surface area contributed by atoms with Gasteiger partial charge in [0.05, 0.1) is 19.2 Å². The summed E-state index contributed by atoms with van der Waals surface area (Å²) in [5.74, 6) is 0.666. The predicted molar refractivity (Wildman–Crippen MR) is 75.5 cm³/mol. The molecule has 21 heavy (non-hydrogen) atoms. The fourth-order valence-electron chi connectivity index (χ4n) is 1.81. The summed E-state index contributed by atoms with van der Waals surface area (Å²) in [5, 5.41) is 0. The van der Waals surface area contributed by atoms with Crippen LogP contribution in [0, 0.1) is 0 Å². The van der Waals surface area contributed by atoms with E-state index in [1.165, 1.54) is 11.7 Å². The van der Waals surface area contributed by atoms with Crippen molar-refractivity contribution >= 4 is 15.9 Å². The molecule has 0 spiro atoms. The third kappa shape index (κ3) is 3.66. The molecule has 2 aromatic rings. The second kappa shape index (κ2) is 5.93. The molecule has 0 aliphatic rings. The lowest BCUT2D eigenvalue weighted by Gasteiger charge is -2.12.